The van der Waals surface area contributed by atoms with Crippen LogP contribution in [0.5, 0.6) is 0 Å². The first kappa shape index (κ1) is 18.0. The second-order valence-electron chi connectivity index (χ2n) is 7.07. The lowest BCUT2D eigenvalue weighted by Crippen LogP contribution is -2.13. The fourth-order valence-corrected chi connectivity index (χ4v) is 3.89. The van der Waals surface area contributed by atoms with E-state index in [1.807, 2.05) is 6.07 Å². The van der Waals surface area contributed by atoms with Crippen molar-refractivity contribution in [2.45, 2.75) is 57.8 Å². The number of pyridine rings is 1. The van der Waals surface area contributed by atoms with Crippen molar-refractivity contribution in [3.8, 4) is 11.1 Å². The number of halogens is 3. The molecule has 25 heavy (non-hydrogen) atoms. The minimum Gasteiger partial charge on any atom is -0.206 e. The van der Waals surface area contributed by atoms with E-state index in [0.29, 0.717) is 5.92 Å². The lowest BCUT2D eigenvalue weighted by molar-refractivity contribution is 0.304. The maximum Gasteiger partial charge on any atom is 0.223 e. The molecular formula is C21H24F3N. The van der Waals surface area contributed by atoms with E-state index in [2.05, 4.69) is 11.9 Å². The van der Waals surface area contributed by atoms with Crippen LogP contribution in [0.1, 0.15) is 63.4 Å². The van der Waals surface area contributed by atoms with Crippen molar-refractivity contribution < 1.29 is 13.2 Å². The Kier molecular flexibility index (Phi) is 5.77. The molecule has 0 bridgehead atoms. The summed E-state index contributed by atoms with van der Waals surface area (Å²) in [6.07, 6.45) is 8.39. The first-order valence-electron chi connectivity index (χ1n) is 9.20. The summed E-state index contributed by atoms with van der Waals surface area (Å²) in [7, 11) is 0. The normalized spacial score (nSPS) is 20.6. The number of aromatic nitrogens is 1. The molecule has 0 unspecified atom stereocenters. The monoisotopic (exact) mass is 347 g/mol. The van der Waals surface area contributed by atoms with Crippen LogP contribution in [0.25, 0.3) is 11.1 Å². The van der Waals surface area contributed by atoms with Crippen molar-refractivity contribution in [3.63, 3.8) is 0 Å². The van der Waals surface area contributed by atoms with Gasteiger partial charge in [-0.05, 0) is 61.3 Å². The summed E-state index contributed by atoms with van der Waals surface area (Å²) >= 11 is 0. The summed E-state index contributed by atoms with van der Waals surface area (Å²) in [6, 6.07) is 7.25. The standard InChI is InChI=1S/C21H24F3N/c1-2-3-4-14-5-7-15(8-6-14)16-9-10-17(19(22)13-16)18-11-12-20(23)25-21(18)24/h9-15H,2-8H2,1H3/t14-,15-. The highest BCUT2D eigenvalue weighted by Gasteiger charge is 2.23. The van der Waals surface area contributed by atoms with Gasteiger partial charge in [-0.2, -0.15) is 13.8 Å². The highest BCUT2D eigenvalue weighted by atomic mass is 19.1. The van der Waals surface area contributed by atoms with Gasteiger partial charge in [0.1, 0.15) is 5.82 Å². The highest BCUT2D eigenvalue weighted by molar-refractivity contribution is 5.64. The van der Waals surface area contributed by atoms with E-state index in [9.17, 15) is 13.2 Å². The summed E-state index contributed by atoms with van der Waals surface area (Å²) in [5.74, 6) is -1.18. The third-order valence-corrected chi connectivity index (χ3v) is 5.38. The van der Waals surface area contributed by atoms with Gasteiger partial charge in [-0.25, -0.2) is 4.39 Å². The Morgan fingerprint density at radius 2 is 1.68 bits per heavy atom. The average Bonchev–Trinajstić information content (AvgIpc) is 2.61. The summed E-state index contributed by atoms with van der Waals surface area (Å²) in [6.45, 7) is 2.22. The summed E-state index contributed by atoms with van der Waals surface area (Å²) in [4.78, 5) is 3.14. The Morgan fingerprint density at radius 1 is 0.960 bits per heavy atom. The van der Waals surface area contributed by atoms with E-state index >= 15 is 0 Å². The maximum absolute atomic E-state index is 14.5. The maximum atomic E-state index is 14.5. The van der Waals surface area contributed by atoms with Gasteiger partial charge in [0.25, 0.3) is 0 Å². The fraction of sp³-hybridized carbons (Fsp3) is 0.476. The quantitative estimate of drug-likeness (QED) is 0.553. The molecule has 1 saturated carbocycles. The molecule has 0 radical (unpaired) electrons. The predicted molar refractivity (Wildman–Crippen MR) is 93.8 cm³/mol. The van der Waals surface area contributed by atoms with Crippen LogP contribution in [0, 0.1) is 23.6 Å². The molecule has 0 spiro atoms. The summed E-state index contributed by atoms with van der Waals surface area (Å²) in [5.41, 5.74) is 1.10. The number of hydrogen-bond acceptors (Lipinski definition) is 1. The minimum atomic E-state index is -0.983. The number of benzene rings is 1. The predicted octanol–water partition coefficient (Wildman–Crippen LogP) is 6.63. The Bertz CT molecular complexity index is 721. The molecule has 0 amide bonds. The van der Waals surface area contributed by atoms with Gasteiger partial charge in [0, 0.05) is 11.1 Å². The molecule has 1 aromatic carbocycles. The first-order valence-corrected chi connectivity index (χ1v) is 9.20. The molecule has 0 aliphatic heterocycles. The van der Waals surface area contributed by atoms with Gasteiger partial charge < -0.3 is 0 Å². The first-order chi connectivity index (χ1) is 12.1. The van der Waals surface area contributed by atoms with E-state index in [-0.39, 0.29) is 11.1 Å². The summed E-state index contributed by atoms with van der Waals surface area (Å²) < 4.78 is 41.3. The van der Waals surface area contributed by atoms with Gasteiger partial charge in [-0.1, -0.05) is 38.3 Å². The van der Waals surface area contributed by atoms with E-state index in [1.165, 1.54) is 44.2 Å². The lowest BCUT2D eigenvalue weighted by atomic mass is 9.77. The molecule has 3 rings (SSSR count). The number of hydrogen-bond donors (Lipinski definition) is 0. The van der Waals surface area contributed by atoms with Crippen molar-refractivity contribution in [2.24, 2.45) is 5.92 Å². The molecule has 1 fully saturated rings. The highest BCUT2D eigenvalue weighted by Crippen LogP contribution is 2.38. The smallest absolute Gasteiger partial charge is 0.206 e. The van der Waals surface area contributed by atoms with Crippen LogP contribution in [0.4, 0.5) is 13.2 Å². The zero-order chi connectivity index (χ0) is 17.8. The van der Waals surface area contributed by atoms with Crippen molar-refractivity contribution in [2.75, 3.05) is 0 Å². The van der Waals surface area contributed by atoms with Crippen molar-refractivity contribution in [3.05, 3.63) is 53.6 Å². The van der Waals surface area contributed by atoms with Crippen LogP contribution in [-0.2, 0) is 0 Å². The molecule has 1 aliphatic carbocycles. The second kappa shape index (κ2) is 8.03. The SMILES string of the molecule is CCCC[C@H]1CC[C@H](c2ccc(-c3ccc(F)nc3F)c(F)c2)CC1. The van der Waals surface area contributed by atoms with Gasteiger partial charge in [-0.15, -0.1) is 0 Å². The Balaban J connectivity index is 1.72. The largest absolute Gasteiger partial charge is 0.223 e. The minimum absolute atomic E-state index is 0.00581. The molecule has 0 atom stereocenters. The van der Waals surface area contributed by atoms with Gasteiger partial charge in [0.2, 0.25) is 11.9 Å². The van der Waals surface area contributed by atoms with Gasteiger partial charge >= 0.3 is 0 Å². The molecular weight excluding hydrogens is 323 g/mol. The molecule has 1 aliphatic rings. The summed E-state index contributed by atoms with van der Waals surface area (Å²) in [5, 5.41) is 0. The third-order valence-electron chi connectivity index (χ3n) is 5.38. The molecule has 1 aromatic heterocycles. The van der Waals surface area contributed by atoms with Crippen LogP contribution in [0.2, 0.25) is 0 Å². The molecule has 134 valence electrons. The topological polar surface area (TPSA) is 12.9 Å². The molecule has 2 aromatic rings. The Morgan fingerprint density at radius 3 is 2.32 bits per heavy atom. The number of nitrogens with zero attached hydrogens (tertiary/aromatic N) is 1. The van der Waals surface area contributed by atoms with E-state index < -0.39 is 17.7 Å². The zero-order valence-electron chi connectivity index (χ0n) is 14.6. The second-order valence-corrected chi connectivity index (χ2v) is 7.07. The fourth-order valence-electron chi connectivity index (χ4n) is 3.89. The molecule has 4 heteroatoms. The van der Waals surface area contributed by atoms with Crippen LogP contribution in [0.15, 0.2) is 30.3 Å². The zero-order valence-corrected chi connectivity index (χ0v) is 14.6. The van der Waals surface area contributed by atoms with Gasteiger partial charge in [0.05, 0.1) is 0 Å². The van der Waals surface area contributed by atoms with Crippen LogP contribution in [-0.4, -0.2) is 4.98 Å². The van der Waals surface area contributed by atoms with Gasteiger partial charge in [0.15, 0.2) is 0 Å². The molecule has 0 saturated heterocycles. The van der Waals surface area contributed by atoms with E-state index in [0.717, 1.165) is 30.4 Å². The van der Waals surface area contributed by atoms with Crippen LogP contribution in [0.3, 0.4) is 0 Å². The van der Waals surface area contributed by atoms with Crippen LogP contribution < -0.4 is 0 Å². The number of unbranched alkanes of at least 4 members (excludes halogenated alkanes) is 1. The average molecular weight is 347 g/mol. The van der Waals surface area contributed by atoms with Crippen molar-refractivity contribution >= 4 is 0 Å². The van der Waals surface area contributed by atoms with E-state index in [1.54, 1.807) is 6.07 Å². The van der Waals surface area contributed by atoms with Crippen molar-refractivity contribution in [1.29, 1.82) is 0 Å². The molecule has 1 nitrogen and oxygen atoms in total. The molecule has 1 heterocycles. The molecule has 0 N–H and O–H groups in total. The van der Waals surface area contributed by atoms with E-state index in [4.69, 9.17) is 0 Å². The number of rotatable bonds is 5. The van der Waals surface area contributed by atoms with Crippen molar-refractivity contribution in [1.82, 2.24) is 4.98 Å². The van der Waals surface area contributed by atoms with Gasteiger partial charge in [-0.3, -0.25) is 0 Å². The van der Waals surface area contributed by atoms with Crippen LogP contribution >= 0.6 is 0 Å². The lowest BCUT2D eigenvalue weighted by Gasteiger charge is -2.29. The Labute approximate surface area is 147 Å². The Hall–Kier alpha value is -1.84. The third kappa shape index (κ3) is 4.23.